The van der Waals surface area contributed by atoms with E-state index in [2.05, 4.69) is 27.8 Å². The predicted octanol–water partition coefficient (Wildman–Crippen LogP) is 5.77. The Balaban J connectivity index is 1.97. The minimum absolute atomic E-state index is 0.873. The summed E-state index contributed by atoms with van der Waals surface area (Å²) in [7, 11) is 0. The molecule has 1 aliphatic heterocycles. The molecule has 0 aromatic rings. The topological polar surface area (TPSA) is 3.24 Å². The molecule has 1 atom stereocenters. The molecule has 19 heavy (non-hydrogen) atoms. The van der Waals surface area contributed by atoms with Crippen molar-refractivity contribution in [3.63, 3.8) is 0 Å². The second-order valence-electron chi connectivity index (χ2n) is 6.14. The van der Waals surface area contributed by atoms with Crippen LogP contribution in [0.1, 0.15) is 84.0 Å². The Hall–Kier alpha value is 0.440. The maximum absolute atomic E-state index is 3.61. The Morgan fingerprint density at radius 1 is 0.947 bits per heavy atom. The zero-order valence-electron chi connectivity index (χ0n) is 13.0. The van der Waals surface area contributed by atoms with Crippen LogP contribution < -0.4 is 0 Å². The van der Waals surface area contributed by atoms with Crippen LogP contribution in [0.2, 0.25) is 0 Å². The first-order chi connectivity index (χ1) is 9.38. The van der Waals surface area contributed by atoms with Gasteiger partial charge in [0, 0.05) is 11.4 Å². The number of hydrogen-bond donors (Lipinski definition) is 0. The summed E-state index contributed by atoms with van der Waals surface area (Å²) in [6.45, 7) is 5.00. The van der Waals surface area contributed by atoms with Crippen molar-refractivity contribution in [2.45, 2.75) is 90.0 Å². The lowest BCUT2D eigenvalue weighted by Crippen LogP contribution is -2.40. The predicted molar refractivity (Wildman–Crippen MR) is 90.2 cm³/mol. The van der Waals surface area contributed by atoms with E-state index in [9.17, 15) is 0 Å². The highest BCUT2D eigenvalue weighted by Gasteiger charge is 2.20. The molecule has 1 aliphatic rings. The summed E-state index contributed by atoms with van der Waals surface area (Å²) in [5.41, 5.74) is 0. The van der Waals surface area contributed by atoms with Crippen molar-refractivity contribution >= 4 is 15.9 Å². The molecule has 1 saturated heterocycles. The molecule has 0 radical (unpaired) electrons. The average molecular weight is 332 g/mol. The Morgan fingerprint density at radius 2 is 1.63 bits per heavy atom. The molecule has 0 aromatic carbocycles. The van der Waals surface area contributed by atoms with E-state index in [1.54, 1.807) is 0 Å². The average Bonchev–Trinajstić information content (AvgIpc) is 2.44. The van der Waals surface area contributed by atoms with E-state index in [-0.39, 0.29) is 0 Å². The third-order valence-electron chi connectivity index (χ3n) is 4.49. The van der Waals surface area contributed by atoms with Gasteiger partial charge >= 0.3 is 0 Å². The lowest BCUT2D eigenvalue weighted by molar-refractivity contribution is 0.142. The van der Waals surface area contributed by atoms with Crippen molar-refractivity contribution in [3.05, 3.63) is 0 Å². The summed E-state index contributed by atoms with van der Waals surface area (Å²) in [4.78, 5) is 2.77. The molecule has 0 N–H and O–H groups in total. The molecule has 1 heterocycles. The number of halogens is 1. The first-order valence-corrected chi connectivity index (χ1v) is 9.80. The number of alkyl halides is 1. The Morgan fingerprint density at radius 3 is 2.32 bits per heavy atom. The molecule has 0 spiro atoms. The van der Waals surface area contributed by atoms with Gasteiger partial charge in [-0.15, -0.1) is 0 Å². The fraction of sp³-hybridized carbons (Fsp3) is 1.00. The standard InChI is InChI=1S/C17H34BrN/c1-2-3-4-5-6-7-8-10-15-19-16-11-9-12-17(19)13-14-18/h17H,2-16H2,1H3. The van der Waals surface area contributed by atoms with Crippen LogP contribution in [0, 0.1) is 0 Å². The molecule has 1 nitrogen and oxygen atoms in total. The highest BCUT2D eigenvalue weighted by molar-refractivity contribution is 9.09. The van der Waals surface area contributed by atoms with E-state index in [1.165, 1.54) is 95.5 Å². The van der Waals surface area contributed by atoms with Crippen LogP contribution in [0.3, 0.4) is 0 Å². The summed E-state index contributed by atoms with van der Waals surface area (Å²) in [5, 5.41) is 1.17. The summed E-state index contributed by atoms with van der Waals surface area (Å²) >= 11 is 3.61. The molecular formula is C17H34BrN. The quantitative estimate of drug-likeness (QED) is 0.343. The van der Waals surface area contributed by atoms with Crippen molar-refractivity contribution < 1.29 is 0 Å². The summed E-state index contributed by atoms with van der Waals surface area (Å²) < 4.78 is 0. The van der Waals surface area contributed by atoms with E-state index in [4.69, 9.17) is 0 Å². The monoisotopic (exact) mass is 331 g/mol. The third-order valence-corrected chi connectivity index (χ3v) is 4.95. The second-order valence-corrected chi connectivity index (χ2v) is 6.93. The van der Waals surface area contributed by atoms with E-state index in [0.29, 0.717) is 0 Å². The van der Waals surface area contributed by atoms with Gasteiger partial charge in [-0.25, -0.2) is 0 Å². The number of rotatable bonds is 11. The van der Waals surface area contributed by atoms with Gasteiger partial charge in [-0.1, -0.05) is 74.2 Å². The van der Waals surface area contributed by atoms with E-state index in [1.807, 2.05) is 0 Å². The van der Waals surface area contributed by atoms with E-state index in [0.717, 1.165) is 6.04 Å². The SMILES string of the molecule is CCCCCCCCCCN1CCCCC1CCBr. The van der Waals surface area contributed by atoms with Crippen LogP contribution in [-0.4, -0.2) is 29.4 Å². The molecule has 2 heteroatoms. The molecule has 1 rings (SSSR count). The molecular weight excluding hydrogens is 298 g/mol. The van der Waals surface area contributed by atoms with E-state index < -0.39 is 0 Å². The lowest BCUT2D eigenvalue weighted by atomic mass is 9.99. The molecule has 0 amide bonds. The number of hydrogen-bond acceptors (Lipinski definition) is 1. The fourth-order valence-corrected chi connectivity index (χ4v) is 3.78. The van der Waals surface area contributed by atoms with Crippen LogP contribution >= 0.6 is 15.9 Å². The van der Waals surface area contributed by atoms with Crippen molar-refractivity contribution in [3.8, 4) is 0 Å². The molecule has 0 bridgehead atoms. The summed E-state index contributed by atoms with van der Waals surface area (Å²) in [5.74, 6) is 0. The van der Waals surface area contributed by atoms with Gasteiger partial charge in [0.15, 0.2) is 0 Å². The van der Waals surface area contributed by atoms with Crippen LogP contribution in [0.15, 0.2) is 0 Å². The Labute approximate surface area is 129 Å². The number of unbranched alkanes of at least 4 members (excludes halogenated alkanes) is 7. The molecule has 1 unspecified atom stereocenters. The van der Waals surface area contributed by atoms with Gasteiger partial charge in [-0.2, -0.15) is 0 Å². The minimum Gasteiger partial charge on any atom is -0.300 e. The highest BCUT2D eigenvalue weighted by atomic mass is 79.9. The number of likely N-dealkylation sites (tertiary alicyclic amines) is 1. The summed E-state index contributed by atoms with van der Waals surface area (Å²) in [6.07, 6.45) is 17.2. The Kier molecular flexibility index (Phi) is 11.2. The molecule has 0 saturated carbocycles. The van der Waals surface area contributed by atoms with Crippen molar-refractivity contribution in [2.75, 3.05) is 18.4 Å². The maximum Gasteiger partial charge on any atom is 0.0103 e. The van der Waals surface area contributed by atoms with Crippen molar-refractivity contribution in [1.29, 1.82) is 0 Å². The molecule has 114 valence electrons. The van der Waals surface area contributed by atoms with Crippen molar-refractivity contribution in [1.82, 2.24) is 4.90 Å². The van der Waals surface area contributed by atoms with Gasteiger partial charge < -0.3 is 4.90 Å². The zero-order chi connectivity index (χ0) is 13.8. The first-order valence-electron chi connectivity index (χ1n) is 8.68. The maximum atomic E-state index is 3.61. The van der Waals surface area contributed by atoms with Gasteiger partial charge in [0.05, 0.1) is 0 Å². The van der Waals surface area contributed by atoms with Gasteiger partial charge in [0.25, 0.3) is 0 Å². The lowest BCUT2D eigenvalue weighted by Gasteiger charge is -2.35. The normalized spacial score (nSPS) is 20.8. The van der Waals surface area contributed by atoms with Crippen molar-refractivity contribution in [2.24, 2.45) is 0 Å². The zero-order valence-corrected chi connectivity index (χ0v) is 14.6. The smallest absolute Gasteiger partial charge is 0.0103 e. The van der Waals surface area contributed by atoms with E-state index >= 15 is 0 Å². The first kappa shape index (κ1) is 17.5. The molecule has 0 aliphatic carbocycles. The number of nitrogens with zero attached hydrogens (tertiary/aromatic N) is 1. The second kappa shape index (κ2) is 12.2. The fourth-order valence-electron chi connectivity index (χ4n) is 3.26. The third kappa shape index (κ3) is 8.34. The van der Waals surface area contributed by atoms with Crippen LogP contribution in [-0.2, 0) is 0 Å². The minimum atomic E-state index is 0.873. The van der Waals surface area contributed by atoms with Gasteiger partial charge in [0.2, 0.25) is 0 Å². The largest absolute Gasteiger partial charge is 0.300 e. The van der Waals surface area contributed by atoms with Crippen LogP contribution in [0.4, 0.5) is 0 Å². The van der Waals surface area contributed by atoms with Gasteiger partial charge in [0.1, 0.15) is 0 Å². The van der Waals surface area contributed by atoms with Gasteiger partial charge in [-0.3, -0.25) is 0 Å². The Bertz CT molecular complexity index is 194. The van der Waals surface area contributed by atoms with Gasteiger partial charge in [-0.05, 0) is 38.8 Å². The summed E-state index contributed by atoms with van der Waals surface area (Å²) in [6, 6.07) is 0.873. The number of piperidine rings is 1. The van der Waals surface area contributed by atoms with Crippen LogP contribution in [0.25, 0.3) is 0 Å². The van der Waals surface area contributed by atoms with Crippen LogP contribution in [0.5, 0.6) is 0 Å². The molecule has 1 fully saturated rings. The highest BCUT2D eigenvalue weighted by Crippen LogP contribution is 2.21. The molecule has 0 aromatic heterocycles.